The second-order valence-corrected chi connectivity index (χ2v) is 9.07. The molecule has 0 aliphatic carbocycles. The molecule has 7 nitrogen and oxygen atoms in total. The minimum absolute atomic E-state index is 0.0159. The lowest BCUT2D eigenvalue weighted by Gasteiger charge is -2.28. The molecule has 1 N–H and O–H groups in total. The smallest absolute Gasteiger partial charge is 0.489 e. The first kappa shape index (κ1) is 30.1. The van der Waals surface area contributed by atoms with Gasteiger partial charge in [0.05, 0.1) is 0 Å². The molecule has 0 radical (unpaired) electrons. The number of rotatable bonds is 7. The summed E-state index contributed by atoms with van der Waals surface area (Å²) in [6, 6.07) is 12.9. The highest BCUT2D eigenvalue weighted by Gasteiger charge is 2.38. The third kappa shape index (κ3) is 9.34. The van der Waals surface area contributed by atoms with Crippen molar-refractivity contribution in [3.05, 3.63) is 59.7 Å². The van der Waals surface area contributed by atoms with Crippen LogP contribution >= 0.6 is 0 Å². The summed E-state index contributed by atoms with van der Waals surface area (Å²) in [5, 5.41) is 7.12. The molecule has 1 amide bonds. The second kappa shape index (κ2) is 13.0. The zero-order valence-corrected chi connectivity index (χ0v) is 20.8. The Labute approximate surface area is 220 Å². The van der Waals surface area contributed by atoms with E-state index in [4.69, 9.17) is 14.6 Å². The quantitative estimate of drug-likeness (QED) is 0.450. The Bertz CT molecular complexity index is 1100. The van der Waals surface area contributed by atoms with Gasteiger partial charge < -0.3 is 24.4 Å². The fraction of sp³-hybridized carbons (Fsp3) is 0.462. The molecule has 4 rings (SSSR count). The van der Waals surface area contributed by atoms with Crippen LogP contribution in [0.4, 0.5) is 26.3 Å². The molecule has 2 aromatic carbocycles. The average molecular weight is 563 g/mol. The topological polar surface area (TPSA) is 79.3 Å². The molecule has 39 heavy (non-hydrogen) atoms. The SMILES string of the molecule is O=C(O)C(F)(F)F.O=C(c1ccc(OCc2ccccc2OC(F)(F)F)cc1)N1CCC[C@H]1CN1CCCC1. The van der Waals surface area contributed by atoms with E-state index in [0.717, 1.165) is 39.0 Å². The summed E-state index contributed by atoms with van der Waals surface area (Å²) >= 11 is 0. The third-order valence-corrected chi connectivity index (χ3v) is 6.24. The molecule has 2 aliphatic heterocycles. The average Bonchev–Trinajstić information content (AvgIpc) is 3.55. The molecular weight excluding hydrogens is 534 g/mol. The number of alkyl halides is 6. The zero-order chi connectivity index (χ0) is 28.6. The Morgan fingerprint density at radius 2 is 1.51 bits per heavy atom. The standard InChI is InChI=1S/C24H27F3N2O3.C2HF3O2/c25-24(26,27)32-22-8-2-1-6-19(22)17-31-21-11-9-18(10-12-21)23(30)29-15-5-7-20(29)16-28-13-3-4-14-28;3-2(4,5)1(6)7/h1-2,6,8-12,20H,3-5,7,13-17H2;(H,6,7)/t20-;/m0./s1. The van der Waals surface area contributed by atoms with Crippen molar-refractivity contribution in [1.82, 2.24) is 9.80 Å². The molecule has 0 unspecified atom stereocenters. The van der Waals surface area contributed by atoms with Crippen molar-refractivity contribution >= 4 is 11.9 Å². The number of hydrogen-bond donors (Lipinski definition) is 1. The van der Waals surface area contributed by atoms with E-state index >= 15 is 0 Å². The van der Waals surface area contributed by atoms with Gasteiger partial charge in [-0.2, -0.15) is 13.2 Å². The molecule has 214 valence electrons. The van der Waals surface area contributed by atoms with Gasteiger partial charge in [-0.15, -0.1) is 13.2 Å². The van der Waals surface area contributed by atoms with Crippen molar-refractivity contribution < 1.29 is 50.5 Å². The Morgan fingerprint density at radius 3 is 2.10 bits per heavy atom. The molecule has 2 fully saturated rings. The summed E-state index contributed by atoms with van der Waals surface area (Å²) in [6.07, 6.45) is -5.34. The molecule has 13 heteroatoms. The van der Waals surface area contributed by atoms with Gasteiger partial charge in [-0.1, -0.05) is 18.2 Å². The summed E-state index contributed by atoms with van der Waals surface area (Å²) < 4.78 is 79.1. The molecule has 2 saturated heterocycles. The molecule has 2 aromatic rings. The van der Waals surface area contributed by atoms with Gasteiger partial charge in [0, 0.05) is 30.3 Å². The lowest BCUT2D eigenvalue weighted by Crippen LogP contribution is -2.42. The van der Waals surface area contributed by atoms with Crippen molar-refractivity contribution in [3.8, 4) is 11.5 Å². The Balaban J connectivity index is 0.000000532. The minimum atomic E-state index is -5.08. The molecule has 2 heterocycles. The highest BCUT2D eigenvalue weighted by Crippen LogP contribution is 2.28. The van der Waals surface area contributed by atoms with Crippen molar-refractivity contribution in [2.24, 2.45) is 0 Å². The van der Waals surface area contributed by atoms with Crippen LogP contribution in [0.3, 0.4) is 0 Å². The second-order valence-electron chi connectivity index (χ2n) is 9.07. The predicted octanol–water partition coefficient (Wildman–Crippen LogP) is 5.50. The normalized spacial score (nSPS) is 17.9. The van der Waals surface area contributed by atoms with Gasteiger partial charge in [-0.25, -0.2) is 4.79 Å². The van der Waals surface area contributed by atoms with Crippen LogP contribution < -0.4 is 9.47 Å². The first-order chi connectivity index (χ1) is 18.3. The van der Waals surface area contributed by atoms with Gasteiger partial charge in [0.25, 0.3) is 5.91 Å². The van der Waals surface area contributed by atoms with E-state index < -0.39 is 18.5 Å². The lowest BCUT2D eigenvalue weighted by molar-refractivity contribution is -0.275. The van der Waals surface area contributed by atoms with Gasteiger partial charge in [0.15, 0.2) is 0 Å². The number of para-hydroxylation sites is 1. The number of carboxylic acid groups (broad SMARTS) is 1. The van der Waals surface area contributed by atoms with Crippen LogP contribution in [0.2, 0.25) is 0 Å². The van der Waals surface area contributed by atoms with E-state index in [9.17, 15) is 31.1 Å². The van der Waals surface area contributed by atoms with E-state index in [1.54, 1.807) is 30.3 Å². The van der Waals surface area contributed by atoms with Crippen LogP contribution in [-0.4, -0.2) is 71.5 Å². The van der Waals surface area contributed by atoms with Gasteiger partial charge in [0.1, 0.15) is 18.1 Å². The van der Waals surface area contributed by atoms with Crippen LogP contribution in [0.15, 0.2) is 48.5 Å². The minimum Gasteiger partial charge on any atom is -0.489 e. The Kier molecular flexibility index (Phi) is 10.1. The largest absolute Gasteiger partial charge is 0.573 e. The lowest BCUT2D eigenvalue weighted by atomic mass is 10.1. The van der Waals surface area contributed by atoms with Gasteiger partial charge in [0.2, 0.25) is 0 Å². The summed E-state index contributed by atoms with van der Waals surface area (Å²) in [4.78, 5) is 26.3. The maximum atomic E-state index is 13.0. The Hall–Kier alpha value is -3.48. The molecule has 1 atom stereocenters. The molecule has 0 aromatic heterocycles. The van der Waals surface area contributed by atoms with Crippen molar-refractivity contribution in [2.45, 2.75) is 50.9 Å². The van der Waals surface area contributed by atoms with Crippen LogP contribution in [0.1, 0.15) is 41.6 Å². The van der Waals surface area contributed by atoms with Crippen LogP contribution in [0.25, 0.3) is 0 Å². The highest BCUT2D eigenvalue weighted by atomic mass is 19.4. The monoisotopic (exact) mass is 562 g/mol. The molecule has 2 aliphatic rings. The number of carbonyl (C=O) groups excluding carboxylic acids is 1. The summed E-state index contributed by atoms with van der Waals surface area (Å²) in [5.41, 5.74) is 0.873. The summed E-state index contributed by atoms with van der Waals surface area (Å²) in [5.74, 6) is -2.56. The van der Waals surface area contributed by atoms with Gasteiger partial charge in [-0.05, 0) is 69.1 Å². The van der Waals surface area contributed by atoms with E-state index in [1.165, 1.54) is 31.0 Å². The number of benzene rings is 2. The van der Waals surface area contributed by atoms with E-state index in [0.29, 0.717) is 11.3 Å². The summed E-state index contributed by atoms with van der Waals surface area (Å²) in [7, 11) is 0. The van der Waals surface area contributed by atoms with Gasteiger partial charge in [-0.3, -0.25) is 4.79 Å². The fourth-order valence-electron chi connectivity index (χ4n) is 4.42. The van der Waals surface area contributed by atoms with Crippen LogP contribution in [0.5, 0.6) is 11.5 Å². The van der Waals surface area contributed by atoms with Crippen LogP contribution in [-0.2, 0) is 11.4 Å². The number of amides is 1. The van der Waals surface area contributed by atoms with Crippen LogP contribution in [0, 0.1) is 0 Å². The van der Waals surface area contributed by atoms with Crippen molar-refractivity contribution in [1.29, 1.82) is 0 Å². The first-order valence-electron chi connectivity index (χ1n) is 12.2. The van der Waals surface area contributed by atoms with Crippen molar-refractivity contribution in [2.75, 3.05) is 26.2 Å². The number of nitrogens with zero attached hydrogens (tertiary/aromatic N) is 2. The number of carboxylic acids is 1. The number of halogens is 6. The van der Waals surface area contributed by atoms with Gasteiger partial charge >= 0.3 is 18.5 Å². The molecule has 0 spiro atoms. The number of carbonyl (C=O) groups is 2. The number of hydrogen-bond acceptors (Lipinski definition) is 5. The summed E-state index contributed by atoms with van der Waals surface area (Å²) in [6.45, 7) is 3.85. The third-order valence-electron chi connectivity index (χ3n) is 6.24. The first-order valence-corrected chi connectivity index (χ1v) is 12.2. The van der Waals surface area contributed by atoms with E-state index in [-0.39, 0.29) is 29.9 Å². The highest BCUT2D eigenvalue weighted by molar-refractivity contribution is 5.94. The van der Waals surface area contributed by atoms with Crippen molar-refractivity contribution in [3.63, 3.8) is 0 Å². The zero-order valence-electron chi connectivity index (χ0n) is 20.8. The molecular formula is C26H28F6N2O5. The molecule has 0 saturated carbocycles. The van der Waals surface area contributed by atoms with E-state index in [2.05, 4.69) is 9.64 Å². The number of ether oxygens (including phenoxy) is 2. The molecule has 0 bridgehead atoms. The number of likely N-dealkylation sites (tertiary alicyclic amines) is 2. The van der Waals surface area contributed by atoms with E-state index in [1.807, 2.05) is 4.90 Å². The Morgan fingerprint density at radius 1 is 0.897 bits per heavy atom. The maximum absolute atomic E-state index is 13.0. The predicted molar refractivity (Wildman–Crippen MR) is 127 cm³/mol. The maximum Gasteiger partial charge on any atom is 0.573 e. The fourth-order valence-corrected chi connectivity index (χ4v) is 4.42. The number of aliphatic carboxylic acids is 1.